The zero-order valence-electron chi connectivity index (χ0n) is 17.0. The lowest BCUT2D eigenvalue weighted by Gasteiger charge is -2.18. The van der Waals surface area contributed by atoms with Gasteiger partial charge < -0.3 is 10.1 Å². The molecule has 8 heteroatoms. The molecule has 1 aromatic heterocycles. The maximum atomic E-state index is 12.7. The fourth-order valence-corrected chi connectivity index (χ4v) is 4.79. The summed E-state index contributed by atoms with van der Waals surface area (Å²) in [6.07, 6.45) is 6.21. The van der Waals surface area contributed by atoms with E-state index in [0.29, 0.717) is 28.7 Å². The monoisotopic (exact) mass is 428 g/mol. The van der Waals surface area contributed by atoms with Crippen LogP contribution in [0.25, 0.3) is 6.08 Å². The number of amides is 1. The molecule has 1 heterocycles. The van der Waals surface area contributed by atoms with Crippen molar-refractivity contribution in [1.82, 2.24) is 0 Å². The second-order valence-corrected chi connectivity index (χ2v) is 8.47. The number of nitro groups is 1. The largest absolute Gasteiger partial charge is 0.462 e. The molecule has 0 aliphatic heterocycles. The number of ether oxygens (including phenoxy) is 1. The molecule has 2 aromatic rings. The van der Waals surface area contributed by atoms with Crippen molar-refractivity contribution in [2.75, 3.05) is 11.9 Å². The third-order valence-electron chi connectivity index (χ3n) is 4.90. The second kappa shape index (κ2) is 9.67. The van der Waals surface area contributed by atoms with Crippen molar-refractivity contribution in [2.24, 2.45) is 5.92 Å². The van der Waals surface area contributed by atoms with Crippen LogP contribution in [-0.4, -0.2) is 23.4 Å². The van der Waals surface area contributed by atoms with Gasteiger partial charge in [-0.1, -0.05) is 26.0 Å². The lowest BCUT2D eigenvalue weighted by Crippen LogP contribution is -2.16. The minimum Gasteiger partial charge on any atom is -0.462 e. The van der Waals surface area contributed by atoms with Gasteiger partial charge in [0.25, 0.3) is 5.69 Å². The molecule has 1 amide bonds. The van der Waals surface area contributed by atoms with Crippen molar-refractivity contribution in [2.45, 2.75) is 39.5 Å². The predicted octanol–water partition coefficient (Wildman–Crippen LogP) is 5.00. The first-order valence-electron chi connectivity index (χ1n) is 9.94. The number of fused-ring (bicyclic) bond motifs is 1. The fourth-order valence-electron chi connectivity index (χ4n) is 3.39. The van der Waals surface area contributed by atoms with Gasteiger partial charge in [-0.15, -0.1) is 11.3 Å². The van der Waals surface area contributed by atoms with Gasteiger partial charge in [0.05, 0.1) is 17.1 Å². The van der Waals surface area contributed by atoms with Gasteiger partial charge in [0.1, 0.15) is 5.00 Å². The van der Waals surface area contributed by atoms with Crippen molar-refractivity contribution >= 4 is 40.0 Å². The van der Waals surface area contributed by atoms with E-state index in [2.05, 4.69) is 12.2 Å². The number of carbonyl (C=O) groups excluding carboxylic acids is 2. The molecule has 1 aliphatic carbocycles. The van der Waals surface area contributed by atoms with Crippen molar-refractivity contribution < 1.29 is 19.2 Å². The van der Waals surface area contributed by atoms with Gasteiger partial charge in [-0.25, -0.2) is 4.79 Å². The van der Waals surface area contributed by atoms with Crippen LogP contribution in [0.1, 0.15) is 53.1 Å². The van der Waals surface area contributed by atoms with E-state index in [0.717, 1.165) is 36.1 Å². The standard InChI is InChI=1S/C22H24N2O5S/c1-3-11-29-22(26)20-17-9-7-14(2)12-18(17)30-21(20)23-19(25)10-8-15-5-4-6-16(13-15)24(27)28/h4-6,8,10,13-14H,3,7,9,11-12H2,1-2H3,(H,23,25). The Balaban J connectivity index is 1.81. The Labute approximate surface area is 178 Å². The van der Waals surface area contributed by atoms with Gasteiger partial charge in [-0.05, 0) is 48.8 Å². The zero-order chi connectivity index (χ0) is 21.7. The highest BCUT2D eigenvalue weighted by molar-refractivity contribution is 7.17. The number of esters is 1. The van der Waals surface area contributed by atoms with Crippen LogP contribution in [0.15, 0.2) is 30.3 Å². The van der Waals surface area contributed by atoms with E-state index in [-0.39, 0.29) is 5.69 Å². The SMILES string of the molecule is CCCOC(=O)c1c(NC(=O)C=Cc2cccc([N+](=O)[O-])c2)sc2c1CCC(C)C2. The summed E-state index contributed by atoms with van der Waals surface area (Å²) in [5.41, 5.74) is 1.95. The van der Waals surface area contributed by atoms with Crippen molar-refractivity contribution in [1.29, 1.82) is 0 Å². The summed E-state index contributed by atoms with van der Waals surface area (Å²) in [4.78, 5) is 36.7. The molecule has 0 saturated carbocycles. The van der Waals surface area contributed by atoms with Crippen molar-refractivity contribution in [3.63, 3.8) is 0 Å². The Morgan fingerprint density at radius 2 is 2.20 bits per heavy atom. The maximum absolute atomic E-state index is 12.7. The van der Waals surface area contributed by atoms with E-state index < -0.39 is 16.8 Å². The molecule has 0 saturated heterocycles. The molecule has 0 fully saturated rings. The lowest BCUT2D eigenvalue weighted by atomic mass is 9.88. The van der Waals surface area contributed by atoms with E-state index in [1.807, 2.05) is 6.92 Å². The maximum Gasteiger partial charge on any atom is 0.341 e. The van der Waals surface area contributed by atoms with E-state index in [1.54, 1.807) is 12.1 Å². The summed E-state index contributed by atoms with van der Waals surface area (Å²) < 4.78 is 5.35. The number of nitrogens with zero attached hydrogens (tertiary/aromatic N) is 1. The molecule has 1 N–H and O–H groups in total. The van der Waals surface area contributed by atoms with Crippen LogP contribution >= 0.6 is 11.3 Å². The highest BCUT2D eigenvalue weighted by atomic mass is 32.1. The number of thiophene rings is 1. The summed E-state index contributed by atoms with van der Waals surface area (Å²) in [6, 6.07) is 6.02. The van der Waals surface area contributed by atoms with Crippen LogP contribution in [0, 0.1) is 16.0 Å². The molecule has 1 aliphatic rings. The summed E-state index contributed by atoms with van der Waals surface area (Å²) >= 11 is 1.43. The molecular weight excluding hydrogens is 404 g/mol. The number of non-ortho nitro benzene ring substituents is 1. The number of anilines is 1. The molecule has 1 aromatic carbocycles. The molecule has 3 rings (SSSR count). The number of rotatable bonds is 7. The highest BCUT2D eigenvalue weighted by Crippen LogP contribution is 2.40. The minimum atomic E-state index is -0.483. The van der Waals surface area contributed by atoms with Crippen LogP contribution in [-0.2, 0) is 22.4 Å². The van der Waals surface area contributed by atoms with Gasteiger partial charge in [0.15, 0.2) is 0 Å². The van der Waals surface area contributed by atoms with Gasteiger partial charge in [-0.3, -0.25) is 14.9 Å². The molecule has 7 nitrogen and oxygen atoms in total. The predicted molar refractivity (Wildman–Crippen MR) is 117 cm³/mol. The summed E-state index contributed by atoms with van der Waals surface area (Å²) in [6.45, 7) is 4.44. The molecule has 0 spiro atoms. The van der Waals surface area contributed by atoms with Gasteiger partial charge >= 0.3 is 5.97 Å². The van der Waals surface area contributed by atoms with Crippen LogP contribution in [0.3, 0.4) is 0 Å². The first-order chi connectivity index (χ1) is 14.4. The molecule has 1 unspecified atom stereocenters. The Morgan fingerprint density at radius 3 is 2.93 bits per heavy atom. The van der Waals surface area contributed by atoms with Gasteiger partial charge in [-0.2, -0.15) is 0 Å². The average molecular weight is 429 g/mol. The van der Waals surface area contributed by atoms with E-state index in [9.17, 15) is 19.7 Å². The smallest absolute Gasteiger partial charge is 0.341 e. The molecule has 158 valence electrons. The lowest BCUT2D eigenvalue weighted by molar-refractivity contribution is -0.384. The normalized spacial score (nSPS) is 15.6. The Hall–Kier alpha value is -3.00. The number of carbonyl (C=O) groups is 2. The topological polar surface area (TPSA) is 98.5 Å². The molecule has 0 bridgehead atoms. The van der Waals surface area contributed by atoms with Gasteiger partial charge in [0, 0.05) is 23.1 Å². The summed E-state index contributed by atoms with van der Waals surface area (Å²) in [5.74, 6) is -0.271. The van der Waals surface area contributed by atoms with Crippen molar-refractivity contribution in [3.05, 3.63) is 62.0 Å². The Kier molecular flexibility index (Phi) is 6.99. The summed E-state index contributed by atoms with van der Waals surface area (Å²) in [5, 5.41) is 14.2. The van der Waals surface area contributed by atoms with E-state index in [1.165, 1.54) is 35.6 Å². The highest BCUT2D eigenvalue weighted by Gasteiger charge is 2.29. The number of hydrogen-bond acceptors (Lipinski definition) is 6. The third-order valence-corrected chi connectivity index (χ3v) is 6.07. The molecular formula is C22H24N2O5S. The quantitative estimate of drug-likeness (QED) is 0.290. The molecule has 0 radical (unpaired) electrons. The summed E-state index contributed by atoms with van der Waals surface area (Å²) in [7, 11) is 0. The number of nitrogens with one attached hydrogen (secondary N) is 1. The van der Waals surface area contributed by atoms with Crippen LogP contribution in [0.5, 0.6) is 0 Å². The minimum absolute atomic E-state index is 0.0430. The van der Waals surface area contributed by atoms with Gasteiger partial charge in [0.2, 0.25) is 5.91 Å². The molecule has 1 atom stereocenters. The Morgan fingerprint density at radius 1 is 1.40 bits per heavy atom. The first-order valence-corrected chi connectivity index (χ1v) is 10.8. The Bertz CT molecular complexity index is 995. The number of nitro benzene ring substituents is 1. The zero-order valence-corrected chi connectivity index (χ0v) is 17.8. The van der Waals surface area contributed by atoms with Crippen molar-refractivity contribution in [3.8, 4) is 0 Å². The van der Waals surface area contributed by atoms with Crippen LogP contribution in [0.4, 0.5) is 10.7 Å². The number of benzene rings is 1. The van der Waals surface area contributed by atoms with Crippen LogP contribution < -0.4 is 5.32 Å². The van der Waals surface area contributed by atoms with E-state index >= 15 is 0 Å². The van der Waals surface area contributed by atoms with E-state index in [4.69, 9.17) is 4.74 Å². The van der Waals surface area contributed by atoms with Crippen LogP contribution in [0.2, 0.25) is 0 Å². The second-order valence-electron chi connectivity index (χ2n) is 7.37. The molecule has 30 heavy (non-hydrogen) atoms. The first kappa shape index (κ1) is 21.7. The average Bonchev–Trinajstić information content (AvgIpc) is 3.07. The fraction of sp³-hybridized carbons (Fsp3) is 0.364. The number of hydrogen-bond donors (Lipinski definition) is 1. The third kappa shape index (κ3) is 5.13.